The second-order valence-electron chi connectivity index (χ2n) is 9.64. The normalized spacial score (nSPS) is 14.2. The molecule has 3 aromatic carbocycles. The molecule has 0 atom stereocenters. The molecule has 0 fully saturated rings. The van der Waals surface area contributed by atoms with E-state index in [1.54, 1.807) is 31.4 Å². The maximum atomic E-state index is 14.8. The summed E-state index contributed by atoms with van der Waals surface area (Å²) in [5.74, 6) is 0.500. The molecule has 0 radical (unpaired) electrons. The van der Waals surface area contributed by atoms with Gasteiger partial charge in [-0.05, 0) is 49.6 Å². The standard InChI is InChI=1S/C31H28ClFN4O3/c1-39-29-15-27-23-13-30(29)40-11-7-3-6-10-37(19-28(38)20-8-4-2-5-9-20)18-21-12-25(33)24(32)14-26(21)36-31(23)22(16-34)17-35-27/h2,4-5,8-9,12-15,17,36H,3,6-7,10-11,18-19H2,1H3. The van der Waals surface area contributed by atoms with Crippen LogP contribution in [0, 0.1) is 17.1 Å². The Morgan fingerprint density at radius 2 is 2.02 bits per heavy atom. The molecule has 2 bridgehead atoms. The van der Waals surface area contributed by atoms with E-state index in [0.717, 1.165) is 19.3 Å². The van der Waals surface area contributed by atoms with Crippen LogP contribution in [0.15, 0.2) is 60.8 Å². The second kappa shape index (κ2) is 12.3. The fourth-order valence-electron chi connectivity index (χ4n) is 4.83. The van der Waals surface area contributed by atoms with Crippen molar-refractivity contribution in [1.29, 1.82) is 5.26 Å². The summed E-state index contributed by atoms with van der Waals surface area (Å²) in [6.07, 6.45) is 3.97. The van der Waals surface area contributed by atoms with Crippen LogP contribution in [-0.4, -0.2) is 42.5 Å². The highest BCUT2D eigenvalue weighted by Crippen LogP contribution is 2.38. The van der Waals surface area contributed by atoms with E-state index in [9.17, 15) is 14.4 Å². The summed E-state index contributed by atoms with van der Waals surface area (Å²) in [4.78, 5) is 19.6. The Balaban J connectivity index is 1.59. The minimum Gasteiger partial charge on any atom is -0.493 e. The molecule has 1 aliphatic heterocycles. The van der Waals surface area contributed by atoms with Gasteiger partial charge in [0.2, 0.25) is 0 Å². The molecule has 40 heavy (non-hydrogen) atoms. The number of benzene rings is 3. The van der Waals surface area contributed by atoms with Crippen molar-refractivity contribution >= 4 is 39.7 Å². The van der Waals surface area contributed by atoms with Crippen LogP contribution in [0.1, 0.15) is 40.7 Å². The summed E-state index contributed by atoms with van der Waals surface area (Å²) in [5, 5.41) is 13.8. The number of ether oxygens (including phenoxy) is 2. The number of nitrogens with zero attached hydrogens (tertiary/aromatic N) is 3. The van der Waals surface area contributed by atoms with Crippen molar-refractivity contribution in [2.24, 2.45) is 0 Å². The molecule has 0 saturated heterocycles. The minimum atomic E-state index is -0.560. The Bertz CT molecular complexity index is 1590. The molecule has 9 heteroatoms. The second-order valence-corrected chi connectivity index (χ2v) is 10.0. The van der Waals surface area contributed by atoms with E-state index in [1.165, 1.54) is 18.3 Å². The van der Waals surface area contributed by atoms with Crippen molar-refractivity contribution < 1.29 is 18.7 Å². The van der Waals surface area contributed by atoms with Crippen LogP contribution in [0.25, 0.3) is 10.9 Å². The van der Waals surface area contributed by atoms with Crippen LogP contribution in [0.4, 0.5) is 15.8 Å². The number of nitrogens with one attached hydrogen (secondary N) is 1. The number of rotatable bonds is 4. The van der Waals surface area contributed by atoms with Gasteiger partial charge in [0.25, 0.3) is 0 Å². The minimum absolute atomic E-state index is 0.0171. The molecule has 0 unspecified atom stereocenters. The third-order valence-corrected chi connectivity index (χ3v) is 7.20. The Kier molecular flexibility index (Phi) is 8.44. The summed E-state index contributed by atoms with van der Waals surface area (Å²) in [5.41, 5.74) is 3.15. The van der Waals surface area contributed by atoms with Gasteiger partial charge in [0.05, 0.1) is 42.1 Å². The number of anilines is 2. The lowest BCUT2D eigenvalue weighted by Crippen LogP contribution is -2.31. The zero-order valence-electron chi connectivity index (χ0n) is 22.0. The summed E-state index contributed by atoms with van der Waals surface area (Å²) >= 11 is 6.23. The predicted octanol–water partition coefficient (Wildman–Crippen LogP) is 6.90. The fraction of sp³-hybridized carbons (Fsp3) is 0.258. The molecule has 1 aromatic heterocycles. The van der Waals surface area contributed by atoms with Crippen molar-refractivity contribution in [2.75, 3.05) is 32.1 Å². The summed E-state index contributed by atoms with van der Waals surface area (Å²) in [6, 6.07) is 17.8. The number of hydrogen-bond acceptors (Lipinski definition) is 7. The molecule has 0 amide bonds. The quantitative estimate of drug-likeness (QED) is 0.273. The van der Waals surface area contributed by atoms with Gasteiger partial charge < -0.3 is 14.8 Å². The molecule has 7 nitrogen and oxygen atoms in total. The van der Waals surface area contributed by atoms with Gasteiger partial charge in [-0.1, -0.05) is 41.9 Å². The van der Waals surface area contributed by atoms with Gasteiger partial charge >= 0.3 is 0 Å². The molecule has 5 rings (SSSR count). The van der Waals surface area contributed by atoms with Crippen LogP contribution < -0.4 is 14.8 Å². The van der Waals surface area contributed by atoms with E-state index in [4.69, 9.17) is 21.1 Å². The number of carbonyl (C=O) groups excluding carboxylic acids is 1. The van der Waals surface area contributed by atoms with Crippen molar-refractivity contribution in [3.8, 4) is 17.6 Å². The number of hydrogen-bond donors (Lipinski definition) is 1. The molecule has 0 spiro atoms. The van der Waals surface area contributed by atoms with Gasteiger partial charge in [-0.25, -0.2) is 4.39 Å². The highest BCUT2D eigenvalue weighted by Gasteiger charge is 2.20. The summed E-state index contributed by atoms with van der Waals surface area (Å²) in [7, 11) is 1.57. The molecule has 1 N–H and O–H groups in total. The van der Waals surface area contributed by atoms with Crippen LogP contribution in [0.2, 0.25) is 5.02 Å². The molecule has 2 heterocycles. The lowest BCUT2D eigenvalue weighted by Gasteiger charge is -2.24. The number of fused-ring (bicyclic) bond motifs is 2. The fourth-order valence-corrected chi connectivity index (χ4v) is 5.00. The number of carbonyl (C=O) groups is 1. The first-order chi connectivity index (χ1) is 19.5. The first-order valence-corrected chi connectivity index (χ1v) is 13.4. The Morgan fingerprint density at radius 3 is 2.80 bits per heavy atom. The van der Waals surface area contributed by atoms with E-state index < -0.39 is 5.82 Å². The van der Waals surface area contributed by atoms with Crippen molar-refractivity contribution in [2.45, 2.75) is 25.8 Å². The third-order valence-electron chi connectivity index (χ3n) is 6.91. The van der Waals surface area contributed by atoms with Crippen molar-refractivity contribution in [3.05, 3.63) is 88.3 Å². The monoisotopic (exact) mass is 558 g/mol. The number of ketones is 1. The number of halogens is 2. The molecule has 1 aliphatic rings. The van der Waals surface area contributed by atoms with Gasteiger partial charge in [-0.3, -0.25) is 14.7 Å². The molecular formula is C31H28ClFN4O3. The number of Topliss-reactive ketones (excluding diaryl/α,β-unsaturated/α-hetero) is 1. The summed E-state index contributed by atoms with van der Waals surface area (Å²) < 4.78 is 26.4. The molecular weight excluding hydrogens is 531 g/mol. The smallest absolute Gasteiger partial charge is 0.176 e. The van der Waals surface area contributed by atoms with Crippen LogP contribution in [0.5, 0.6) is 11.5 Å². The van der Waals surface area contributed by atoms with Crippen LogP contribution in [-0.2, 0) is 6.54 Å². The van der Waals surface area contributed by atoms with Crippen LogP contribution >= 0.6 is 11.6 Å². The zero-order chi connectivity index (χ0) is 28.1. The number of pyridine rings is 1. The van der Waals surface area contributed by atoms with Crippen molar-refractivity contribution in [1.82, 2.24) is 9.88 Å². The molecule has 4 aromatic rings. The van der Waals surface area contributed by atoms with Gasteiger partial charge in [-0.2, -0.15) is 5.26 Å². The molecule has 0 aliphatic carbocycles. The lowest BCUT2D eigenvalue weighted by atomic mass is 10.1. The van der Waals surface area contributed by atoms with Crippen molar-refractivity contribution in [3.63, 3.8) is 0 Å². The highest BCUT2D eigenvalue weighted by molar-refractivity contribution is 6.31. The van der Waals surface area contributed by atoms with Gasteiger partial charge in [-0.15, -0.1) is 0 Å². The highest BCUT2D eigenvalue weighted by atomic mass is 35.5. The van der Waals surface area contributed by atoms with E-state index in [0.29, 0.717) is 70.2 Å². The lowest BCUT2D eigenvalue weighted by molar-refractivity contribution is 0.0923. The predicted molar refractivity (Wildman–Crippen MR) is 153 cm³/mol. The van der Waals surface area contributed by atoms with Gasteiger partial charge in [0.1, 0.15) is 11.9 Å². The van der Waals surface area contributed by atoms with E-state index in [2.05, 4.69) is 16.4 Å². The maximum absolute atomic E-state index is 14.8. The first kappa shape index (κ1) is 27.4. The number of methoxy groups -OCH3 is 1. The van der Waals surface area contributed by atoms with Crippen LogP contribution in [0.3, 0.4) is 0 Å². The average Bonchev–Trinajstić information content (AvgIpc) is 2.97. The largest absolute Gasteiger partial charge is 0.493 e. The third kappa shape index (κ3) is 6.01. The first-order valence-electron chi connectivity index (χ1n) is 13.1. The van der Waals surface area contributed by atoms with E-state index in [-0.39, 0.29) is 17.4 Å². The Hall–Kier alpha value is -4.19. The van der Waals surface area contributed by atoms with Gasteiger partial charge in [0.15, 0.2) is 17.3 Å². The van der Waals surface area contributed by atoms with E-state index in [1.807, 2.05) is 23.1 Å². The van der Waals surface area contributed by atoms with Gasteiger partial charge in [0, 0.05) is 35.4 Å². The zero-order valence-corrected chi connectivity index (χ0v) is 22.8. The maximum Gasteiger partial charge on any atom is 0.176 e. The Morgan fingerprint density at radius 1 is 1.20 bits per heavy atom. The Labute approximate surface area is 237 Å². The molecule has 0 saturated carbocycles. The number of aromatic nitrogens is 1. The van der Waals surface area contributed by atoms with E-state index >= 15 is 0 Å². The topological polar surface area (TPSA) is 87.5 Å². The number of nitriles is 1. The SMILES string of the molecule is COc1cc2ncc(C#N)c3c2cc1OCCCCCN(CC(=O)c1ccccc1)Cc1cc(F)c(Cl)cc1N3. The summed E-state index contributed by atoms with van der Waals surface area (Å²) in [6.45, 7) is 1.57. The average molecular weight is 559 g/mol. The molecule has 204 valence electrons.